The monoisotopic (exact) mass is 354 g/mol. The number of benzene rings is 1. The van der Waals surface area contributed by atoms with Gasteiger partial charge in [-0.05, 0) is 53.9 Å². The fraction of sp³-hybridized carbons (Fsp3) is 0.357. The number of nitrogens with zero attached hydrogens (tertiary/aromatic N) is 2. The van der Waals surface area contributed by atoms with Gasteiger partial charge in [0.15, 0.2) is 0 Å². The van der Waals surface area contributed by atoms with Crippen LogP contribution in [0.2, 0.25) is 0 Å². The molecule has 1 heterocycles. The zero-order valence-corrected chi connectivity index (χ0v) is 12.8. The number of aromatic nitrogens is 2. The summed E-state index contributed by atoms with van der Waals surface area (Å²) in [4.78, 5) is 16.2. The van der Waals surface area contributed by atoms with Crippen LogP contribution in [-0.4, -0.2) is 22.7 Å². The van der Waals surface area contributed by atoms with E-state index in [1.807, 2.05) is 0 Å². The Labute approximate surface area is 128 Å². The van der Waals surface area contributed by atoms with Crippen molar-refractivity contribution in [3.05, 3.63) is 34.4 Å². The molecule has 1 fully saturated rings. The fourth-order valence-electron chi connectivity index (χ4n) is 2.07. The topological polar surface area (TPSA) is 65.2 Å². The lowest BCUT2D eigenvalue weighted by atomic mass is 10.1. The normalized spacial score (nSPS) is 15.8. The van der Waals surface area contributed by atoms with E-state index in [9.17, 15) is 9.18 Å². The number of ether oxygens (including phenoxy) is 1. The summed E-state index contributed by atoms with van der Waals surface area (Å²) in [5, 5.41) is 3.87. The largest absolute Gasteiger partial charge is 0.465 e. The molecule has 0 radical (unpaired) electrons. The van der Waals surface area contributed by atoms with E-state index >= 15 is 0 Å². The summed E-state index contributed by atoms with van der Waals surface area (Å²) in [6, 6.07) is 4.43. The van der Waals surface area contributed by atoms with Gasteiger partial charge in [-0.3, -0.25) is 4.79 Å². The second-order valence-electron chi connectivity index (χ2n) is 4.85. The molecule has 0 amide bonds. The first kappa shape index (κ1) is 14.2. The molecule has 1 aliphatic rings. The average molecular weight is 355 g/mol. The Balaban J connectivity index is 1.90. The first-order valence-electron chi connectivity index (χ1n) is 6.53. The predicted octanol–water partition coefficient (Wildman–Crippen LogP) is 3.23. The van der Waals surface area contributed by atoms with Crippen molar-refractivity contribution in [3.63, 3.8) is 0 Å². The van der Waals surface area contributed by atoms with Gasteiger partial charge in [0.1, 0.15) is 11.2 Å². The first-order valence-corrected chi connectivity index (χ1v) is 7.33. The molecule has 0 N–H and O–H groups in total. The van der Waals surface area contributed by atoms with E-state index in [2.05, 4.69) is 26.1 Å². The van der Waals surface area contributed by atoms with Crippen LogP contribution in [0.1, 0.15) is 25.7 Å². The van der Waals surface area contributed by atoms with E-state index in [1.165, 1.54) is 6.07 Å². The van der Waals surface area contributed by atoms with Crippen molar-refractivity contribution in [2.75, 3.05) is 6.61 Å². The molecular weight excluding hydrogens is 343 g/mol. The molecule has 0 bridgehead atoms. The van der Waals surface area contributed by atoms with Gasteiger partial charge in [0, 0.05) is 5.56 Å². The van der Waals surface area contributed by atoms with E-state index in [4.69, 9.17) is 9.26 Å². The van der Waals surface area contributed by atoms with E-state index in [-0.39, 0.29) is 17.7 Å². The molecule has 0 atom stereocenters. The summed E-state index contributed by atoms with van der Waals surface area (Å²) in [5.41, 5.74) is -0.184. The molecule has 7 heteroatoms. The van der Waals surface area contributed by atoms with Crippen molar-refractivity contribution in [1.29, 1.82) is 0 Å². The minimum absolute atomic E-state index is 0.261. The van der Waals surface area contributed by atoms with Crippen molar-refractivity contribution in [2.45, 2.75) is 25.2 Å². The molecule has 1 aromatic heterocycles. The average Bonchev–Trinajstić information content (AvgIpc) is 3.13. The minimum atomic E-state index is -0.793. The Morgan fingerprint density at radius 1 is 1.52 bits per heavy atom. The highest BCUT2D eigenvalue weighted by Gasteiger charge is 2.57. The fourth-order valence-corrected chi connectivity index (χ4v) is 2.45. The SMILES string of the molecule is CCOC(=O)C1(c2nc(-c3ccc(F)c(Br)c3)no2)CC1. The summed E-state index contributed by atoms with van der Waals surface area (Å²) in [7, 11) is 0. The third-order valence-electron chi connectivity index (χ3n) is 3.43. The highest BCUT2D eigenvalue weighted by atomic mass is 79.9. The smallest absolute Gasteiger partial charge is 0.321 e. The van der Waals surface area contributed by atoms with Gasteiger partial charge in [-0.2, -0.15) is 4.98 Å². The van der Waals surface area contributed by atoms with Crippen molar-refractivity contribution in [2.24, 2.45) is 0 Å². The molecule has 110 valence electrons. The third-order valence-corrected chi connectivity index (χ3v) is 4.04. The lowest BCUT2D eigenvalue weighted by molar-refractivity contribution is -0.146. The molecule has 1 aliphatic carbocycles. The van der Waals surface area contributed by atoms with Crippen LogP contribution in [0.3, 0.4) is 0 Å². The maximum atomic E-state index is 13.2. The summed E-state index contributed by atoms with van der Waals surface area (Å²) >= 11 is 3.11. The van der Waals surface area contributed by atoms with Gasteiger partial charge >= 0.3 is 5.97 Å². The Hall–Kier alpha value is -1.76. The van der Waals surface area contributed by atoms with Gasteiger partial charge in [-0.25, -0.2) is 4.39 Å². The number of hydrogen-bond donors (Lipinski definition) is 0. The molecule has 5 nitrogen and oxygen atoms in total. The summed E-state index contributed by atoms with van der Waals surface area (Å²) < 4.78 is 23.8. The van der Waals surface area contributed by atoms with Crippen LogP contribution in [0, 0.1) is 5.82 Å². The van der Waals surface area contributed by atoms with Crippen LogP contribution in [-0.2, 0) is 14.9 Å². The van der Waals surface area contributed by atoms with Crippen LogP contribution >= 0.6 is 15.9 Å². The Bertz CT molecular complexity index is 697. The van der Waals surface area contributed by atoms with Crippen LogP contribution in [0.25, 0.3) is 11.4 Å². The first-order chi connectivity index (χ1) is 10.1. The number of esters is 1. The van der Waals surface area contributed by atoms with Crippen molar-refractivity contribution < 1.29 is 18.4 Å². The number of hydrogen-bond acceptors (Lipinski definition) is 5. The highest BCUT2D eigenvalue weighted by Crippen LogP contribution is 2.48. The number of rotatable bonds is 4. The molecule has 0 saturated heterocycles. The summed E-state index contributed by atoms with van der Waals surface area (Å²) in [5.74, 6) is -0.120. The van der Waals surface area contributed by atoms with E-state index in [0.717, 1.165) is 0 Å². The summed E-state index contributed by atoms with van der Waals surface area (Å²) in [6.45, 7) is 2.07. The maximum absolute atomic E-state index is 13.2. The second-order valence-corrected chi connectivity index (χ2v) is 5.71. The predicted molar refractivity (Wildman–Crippen MR) is 74.9 cm³/mol. The van der Waals surface area contributed by atoms with Gasteiger partial charge in [0.25, 0.3) is 0 Å². The number of halogens is 2. The Morgan fingerprint density at radius 2 is 2.29 bits per heavy atom. The third kappa shape index (κ3) is 2.46. The van der Waals surface area contributed by atoms with Crippen LogP contribution < -0.4 is 0 Å². The van der Waals surface area contributed by atoms with Crippen LogP contribution in [0.4, 0.5) is 4.39 Å². The van der Waals surface area contributed by atoms with Gasteiger partial charge in [0.05, 0.1) is 11.1 Å². The van der Waals surface area contributed by atoms with Gasteiger partial charge in [0.2, 0.25) is 11.7 Å². The number of carbonyl (C=O) groups is 1. The zero-order chi connectivity index (χ0) is 15.0. The summed E-state index contributed by atoms with van der Waals surface area (Å²) in [6.07, 6.45) is 1.28. The van der Waals surface area contributed by atoms with Gasteiger partial charge in [-0.15, -0.1) is 0 Å². The molecule has 2 aromatic rings. The number of carbonyl (C=O) groups excluding carboxylic acids is 1. The minimum Gasteiger partial charge on any atom is -0.465 e. The Kier molecular flexibility index (Phi) is 3.52. The van der Waals surface area contributed by atoms with Crippen LogP contribution in [0.5, 0.6) is 0 Å². The second kappa shape index (κ2) is 5.22. The highest BCUT2D eigenvalue weighted by molar-refractivity contribution is 9.10. The zero-order valence-electron chi connectivity index (χ0n) is 11.2. The van der Waals surface area contributed by atoms with Crippen molar-refractivity contribution >= 4 is 21.9 Å². The molecule has 21 heavy (non-hydrogen) atoms. The van der Waals surface area contributed by atoms with Gasteiger partial charge < -0.3 is 9.26 Å². The van der Waals surface area contributed by atoms with E-state index in [0.29, 0.717) is 35.3 Å². The lowest BCUT2D eigenvalue weighted by Crippen LogP contribution is -2.23. The van der Waals surface area contributed by atoms with Crippen molar-refractivity contribution in [3.8, 4) is 11.4 Å². The van der Waals surface area contributed by atoms with Crippen LogP contribution in [0.15, 0.2) is 27.2 Å². The molecule has 1 aromatic carbocycles. The van der Waals surface area contributed by atoms with Gasteiger partial charge in [-0.1, -0.05) is 5.16 Å². The van der Waals surface area contributed by atoms with E-state index in [1.54, 1.807) is 19.1 Å². The van der Waals surface area contributed by atoms with Crippen molar-refractivity contribution in [1.82, 2.24) is 10.1 Å². The quantitative estimate of drug-likeness (QED) is 0.788. The van der Waals surface area contributed by atoms with E-state index < -0.39 is 5.41 Å². The molecule has 0 spiro atoms. The molecule has 3 rings (SSSR count). The lowest BCUT2D eigenvalue weighted by Gasteiger charge is -2.08. The molecule has 0 unspecified atom stereocenters. The molecular formula is C14H12BrFN2O3. The maximum Gasteiger partial charge on any atom is 0.321 e. The molecule has 1 saturated carbocycles. The standard InChI is InChI=1S/C14H12BrFN2O3/c1-2-20-13(19)14(5-6-14)12-17-11(18-21-12)8-3-4-10(16)9(15)7-8/h3-4,7H,2,5-6H2,1H3. The molecule has 0 aliphatic heterocycles. The Morgan fingerprint density at radius 3 is 2.90 bits per heavy atom.